The van der Waals surface area contributed by atoms with E-state index in [2.05, 4.69) is 15.3 Å². The molecule has 0 aliphatic carbocycles. The Morgan fingerprint density at radius 2 is 2.26 bits per heavy atom. The fraction of sp³-hybridized carbons (Fsp3) is 0.308. The van der Waals surface area contributed by atoms with Crippen LogP contribution in [0.2, 0.25) is 0 Å². The smallest absolute Gasteiger partial charge is 0.136 e. The molecular weight excluding hydrogens is 258 g/mol. The highest BCUT2D eigenvalue weighted by molar-refractivity contribution is 7.80. The molecule has 0 bridgehead atoms. The first-order valence-electron chi connectivity index (χ1n) is 6.05. The van der Waals surface area contributed by atoms with E-state index in [0.717, 1.165) is 35.7 Å². The molecule has 0 fully saturated rings. The molecule has 6 heteroatoms. The van der Waals surface area contributed by atoms with Crippen LogP contribution < -0.4 is 11.1 Å². The van der Waals surface area contributed by atoms with Crippen LogP contribution in [0.4, 0.5) is 5.82 Å². The summed E-state index contributed by atoms with van der Waals surface area (Å²) in [6.07, 6.45) is 5.46. The summed E-state index contributed by atoms with van der Waals surface area (Å²) < 4.78 is 2.00. The number of nitrogens with one attached hydrogen (secondary N) is 1. The van der Waals surface area contributed by atoms with Gasteiger partial charge in [-0.1, -0.05) is 12.2 Å². The maximum atomic E-state index is 5.77. The number of rotatable bonds is 5. The summed E-state index contributed by atoms with van der Waals surface area (Å²) in [5.74, 6) is 0.755. The minimum Gasteiger partial charge on any atom is -0.389 e. The molecule has 0 aromatic carbocycles. The van der Waals surface area contributed by atoms with E-state index in [1.54, 1.807) is 12.5 Å². The number of pyridine rings is 1. The lowest BCUT2D eigenvalue weighted by Crippen LogP contribution is -2.18. The van der Waals surface area contributed by atoms with Gasteiger partial charge < -0.3 is 15.6 Å². The van der Waals surface area contributed by atoms with Gasteiger partial charge in [-0.25, -0.2) is 9.97 Å². The quantitative estimate of drug-likeness (QED) is 0.812. The average molecular weight is 275 g/mol. The highest BCUT2D eigenvalue weighted by Crippen LogP contribution is 2.18. The van der Waals surface area contributed by atoms with Crippen LogP contribution in [0.15, 0.2) is 24.8 Å². The first-order chi connectivity index (χ1) is 9.08. The molecule has 0 saturated heterocycles. The predicted octanol–water partition coefficient (Wildman–Crippen LogP) is 1.64. The van der Waals surface area contributed by atoms with Crippen molar-refractivity contribution in [2.45, 2.75) is 20.4 Å². The van der Waals surface area contributed by atoms with Crippen LogP contribution in [0.25, 0.3) is 0 Å². The highest BCUT2D eigenvalue weighted by atomic mass is 32.1. The van der Waals surface area contributed by atoms with Crippen LogP contribution in [0, 0.1) is 13.8 Å². The molecule has 3 N–H and O–H groups in total. The zero-order valence-corrected chi connectivity index (χ0v) is 11.9. The summed E-state index contributed by atoms with van der Waals surface area (Å²) >= 11 is 5.09. The lowest BCUT2D eigenvalue weighted by Gasteiger charge is -2.13. The molecular formula is C13H17N5S. The number of thiocarbonyl (C=S) groups is 1. The highest BCUT2D eigenvalue weighted by Gasteiger charge is 2.10. The van der Waals surface area contributed by atoms with Gasteiger partial charge in [-0.3, -0.25) is 0 Å². The number of hydrogen-bond donors (Lipinski definition) is 2. The second-order valence-electron chi connectivity index (χ2n) is 4.40. The number of nitrogens with two attached hydrogens (primary N) is 1. The maximum absolute atomic E-state index is 5.77. The first kappa shape index (κ1) is 13.5. The van der Waals surface area contributed by atoms with Gasteiger partial charge in [0.15, 0.2) is 0 Å². The molecule has 0 atom stereocenters. The van der Waals surface area contributed by atoms with Crippen molar-refractivity contribution in [1.29, 1.82) is 0 Å². The van der Waals surface area contributed by atoms with Gasteiger partial charge in [0.05, 0.1) is 11.9 Å². The third kappa shape index (κ3) is 3.29. The predicted molar refractivity (Wildman–Crippen MR) is 80.3 cm³/mol. The van der Waals surface area contributed by atoms with Gasteiger partial charge in [-0.15, -0.1) is 0 Å². The molecule has 0 saturated carbocycles. The fourth-order valence-corrected chi connectivity index (χ4v) is 2.26. The van der Waals surface area contributed by atoms with Gasteiger partial charge in [-0.2, -0.15) is 0 Å². The van der Waals surface area contributed by atoms with Crippen molar-refractivity contribution in [2.75, 3.05) is 11.9 Å². The van der Waals surface area contributed by atoms with E-state index >= 15 is 0 Å². The topological polar surface area (TPSA) is 68.8 Å². The molecule has 5 nitrogen and oxygen atoms in total. The second kappa shape index (κ2) is 5.79. The number of imidazole rings is 1. The van der Waals surface area contributed by atoms with E-state index in [1.165, 1.54) is 0 Å². The number of nitrogens with zero attached hydrogens (tertiary/aromatic N) is 3. The van der Waals surface area contributed by atoms with Crippen LogP contribution in [0.5, 0.6) is 0 Å². The molecule has 2 heterocycles. The molecule has 100 valence electrons. The lowest BCUT2D eigenvalue weighted by molar-refractivity contribution is 0.725. The van der Waals surface area contributed by atoms with Crippen molar-refractivity contribution in [3.8, 4) is 0 Å². The minimum absolute atomic E-state index is 0.370. The Hall–Kier alpha value is -1.95. The van der Waals surface area contributed by atoms with Crippen molar-refractivity contribution in [3.05, 3.63) is 41.6 Å². The minimum atomic E-state index is 0.370. The number of aromatic nitrogens is 3. The van der Waals surface area contributed by atoms with E-state index in [4.69, 9.17) is 18.0 Å². The van der Waals surface area contributed by atoms with Gasteiger partial charge in [-0.05, 0) is 25.5 Å². The summed E-state index contributed by atoms with van der Waals surface area (Å²) in [5.41, 5.74) is 8.59. The largest absolute Gasteiger partial charge is 0.389 e. The number of aryl methyl sites for hydroxylation is 2. The standard InChI is InChI=1S/C13H17N5S/c1-9-7-10(2)17-13(11(9)12(14)19)16-4-6-18-5-3-15-8-18/h3,5,7-8H,4,6H2,1-2H3,(H2,14,19)(H,16,17). The molecule has 0 radical (unpaired) electrons. The average Bonchev–Trinajstić information content (AvgIpc) is 2.80. The molecule has 2 aromatic rings. The van der Waals surface area contributed by atoms with E-state index in [9.17, 15) is 0 Å². The SMILES string of the molecule is Cc1cc(C)c(C(N)=S)c(NCCn2ccnc2)n1. The lowest BCUT2D eigenvalue weighted by atomic mass is 10.1. The van der Waals surface area contributed by atoms with Crippen molar-refractivity contribution < 1.29 is 0 Å². The maximum Gasteiger partial charge on any atom is 0.136 e. The van der Waals surface area contributed by atoms with Gasteiger partial charge >= 0.3 is 0 Å². The zero-order chi connectivity index (χ0) is 13.8. The van der Waals surface area contributed by atoms with Crippen molar-refractivity contribution >= 4 is 23.0 Å². The van der Waals surface area contributed by atoms with Crippen LogP contribution in [0.3, 0.4) is 0 Å². The van der Waals surface area contributed by atoms with E-state index in [-0.39, 0.29) is 0 Å². The summed E-state index contributed by atoms with van der Waals surface area (Å²) in [5, 5.41) is 3.29. The molecule has 0 unspecified atom stereocenters. The summed E-state index contributed by atoms with van der Waals surface area (Å²) in [7, 11) is 0. The number of hydrogen-bond acceptors (Lipinski definition) is 4. The Labute approximate surface area is 117 Å². The zero-order valence-electron chi connectivity index (χ0n) is 11.1. The molecule has 0 aliphatic heterocycles. The Balaban J connectivity index is 2.12. The molecule has 19 heavy (non-hydrogen) atoms. The van der Waals surface area contributed by atoms with Crippen molar-refractivity contribution in [3.63, 3.8) is 0 Å². The summed E-state index contributed by atoms with van der Waals surface area (Å²) in [6, 6.07) is 1.98. The van der Waals surface area contributed by atoms with E-state index < -0.39 is 0 Å². The Morgan fingerprint density at radius 3 is 2.89 bits per heavy atom. The van der Waals surface area contributed by atoms with Gasteiger partial charge in [0.25, 0.3) is 0 Å². The normalized spacial score (nSPS) is 10.4. The van der Waals surface area contributed by atoms with Crippen LogP contribution in [-0.2, 0) is 6.54 Å². The van der Waals surface area contributed by atoms with E-state index in [1.807, 2.05) is 30.7 Å². The van der Waals surface area contributed by atoms with Crippen molar-refractivity contribution in [2.24, 2.45) is 5.73 Å². The fourth-order valence-electron chi connectivity index (χ4n) is 2.00. The van der Waals surface area contributed by atoms with Gasteiger partial charge in [0.1, 0.15) is 10.8 Å². The third-order valence-corrected chi connectivity index (χ3v) is 3.02. The van der Waals surface area contributed by atoms with E-state index in [0.29, 0.717) is 4.99 Å². The molecule has 2 rings (SSSR count). The number of anilines is 1. The van der Waals surface area contributed by atoms with Gasteiger partial charge in [0, 0.05) is 31.2 Å². The monoisotopic (exact) mass is 275 g/mol. The van der Waals surface area contributed by atoms with Crippen LogP contribution in [-0.4, -0.2) is 26.1 Å². The first-order valence-corrected chi connectivity index (χ1v) is 6.46. The summed E-state index contributed by atoms with van der Waals surface area (Å²) in [4.78, 5) is 8.84. The van der Waals surface area contributed by atoms with Crippen molar-refractivity contribution in [1.82, 2.24) is 14.5 Å². The Kier molecular flexibility index (Phi) is 4.11. The third-order valence-electron chi connectivity index (χ3n) is 2.81. The second-order valence-corrected chi connectivity index (χ2v) is 4.84. The van der Waals surface area contributed by atoms with Gasteiger partial charge in [0.2, 0.25) is 0 Å². The molecule has 0 amide bonds. The Bertz CT molecular complexity index is 577. The Morgan fingerprint density at radius 1 is 1.47 bits per heavy atom. The molecule has 0 spiro atoms. The summed E-state index contributed by atoms with van der Waals surface area (Å²) in [6.45, 7) is 5.49. The van der Waals surface area contributed by atoms with Crippen LogP contribution in [0.1, 0.15) is 16.8 Å². The van der Waals surface area contributed by atoms with Crippen LogP contribution >= 0.6 is 12.2 Å². The molecule has 2 aromatic heterocycles. The molecule has 0 aliphatic rings.